The lowest BCUT2D eigenvalue weighted by Crippen LogP contribution is -2.46. The number of phosphoric acid groups is 1. The lowest BCUT2D eigenvalue weighted by Gasteiger charge is -2.30. The Kier molecular flexibility index (Phi) is 38.8. The van der Waals surface area contributed by atoms with Gasteiger partial charge in [-0.3, -0.25) is 9.36 Å². The Bertz CT molecular complexity index is 1070. The third kappa shape index (κ3) is 42.4. The molecule has 3 atom stereocenters. The number of carbonyl (C=O) groups is 1. The number of hydrogen-bond donors (Lipinski definition) is 2. The maximum absolute atomic E-state index is 12.9. The smallest absolute Gasteiger partial charge is 0.268 e. The fourth-order valence-electron chi connectivity index (χ4n) is 6.62. The van der Waals surface area contributed by atoms with Gasteiger partial charge in [-0.15, -0.1) is 0 Å². The Hall–Kier alpha value is -1.54. The zero-order valence-corrected chi connectivity index (χ0v) is 38.7. The molecule has 334 valence electrons. The van der Waals surface area contributed by atoms with Crippen molar-refractivity contribution in [3.05, 3.63) is 48.6 Å². The van der Waals surface area contributed by atoms with Gasteiger partial charge in [0.25, 0.3) is 7.82 Å². The highest BCUT2D eigenvalue weighted by Gasteiger charge is 2.24. The average molecular weight is 823 g/mol. The predicted molar refractivity (Wildman–Crippen MR) is 242 cm³/mol. The van der Waals surface area contributed by atoms with Crippen molar-refractivity contribution in [1.29, 1.82) is 0 Å². The van der Waals surface area contributed by atoms with E-state index in [0.717, 1.165) is 77.0 Å². The molecule has 2 N–H and O–H groups in total. The molecule has 0 saturated heterocycles. The summed E-state index contributed by atoms with van der Waals surface area (Å²) in [7, 11) is 1.28. The van der Waals surface area contributed by atoms with Crippen LogP contribution < -0.4 is 10.2 Å². The highest BCUT2D eigenvalue weighted by Crippen LogP contribution is 2.38. The molecule has 0 aliphatic carbocycles. The molecule has 0 aromatic rings. The number of rotatable bonds is 42. The second-order valence-electron chi connectivity index (χ2n) is 17.1. The van der Waals surface area contributed by atoms with E-state index >= 15 is 0 Å². The molecule has 0 aromatic heterocycles. The van der Waals surface area contributed by atoms with Crippen molar-refractivity contribution in [1.82, 2.24) is 5.32 Å². The van der Waals surface area contributed by atoms with Crippen LogP contribution >= 0.6 is 7.82 Å². The summed E-state index contributed by atoms with van der Waals surface area (Å²) in [5, 5.41) is 13.9. The molecule has 0 spiro atoms. The molecule has 9 heteroatoms. The average Bonchev–Trinajstić information content (AvgIpc) is 3.16. The molecule has 1 amide bonds. The van der Waals surface area contributed by atoms with Gasteiger partial charge in [0.2, 0.25) is 5.91 Å². The van der Waals surface area contributed by atoms with Crippen LogP contribution in [-0.2, 0) is 18.4 Å². The number of aliphatic hydroxyl groups is 1. The molecule has 0 saturated carbocycles. The number of hydrogen-bond acceptors (Lipinski definition) is 6. The summed E-state index contributed by atoms with van der Waals surface area (Å²) in [4.78, 5) is 25.4. The van der Waals surface area contributed by atoms with Crippen LogP contribution in [0.25, 0.3) is 0 Å². The van der Waals surface area contributed by atoms with Gasteiger partial charge in [-0.05, 0) is 51.4 Å². The normalized spacial score (nSPS) is 14.7. The maximum atomic E-state index is 12.9. The molecular formula is C48H91N2O6P. The fraction of sp³-hybridized carbons (Fsp3) is 0.812. The van der Waals surface area contributed by atoms with Gasteiger partial charge in [-0.25, -0.2) is 0 Å². The lowest BCUT2D eigenvalue weighted by molar-refractivity contribution is -0.870. The van der Waals surface area contributed by atoms with Crippen LogP contribution in [0.2, 0.25) is 0 Å². The summed E-state index contributed by atoms with van der Waals surface area (Å²) < 4.78 is 23.3. The van der Waals surface area contributed by atoms with E-state index in [9.17, 15) is 19.4 Å². The topological polar surface area (TPSA) is 108 Å². The zero-order valence-electron chi connectivity index (χ0n) is 37.8. The summed E-state index contributed by atoms with van der Waals surface area (Å²) in [6, 6.07) is -0.814. The molecule has 0 fully saturated rings. The van der Waals surface area contributed by atoms with E-state index in [2.05, 4.69) is 67.8 Å². The second-order valence-corrected chi connectivity index (χ2v) is 18.5. The Morgan fingerprint density at radius 3 is 1.56 bits per heavy atom. The van der Waals surface area contributed by atoms with Crippen molar-refractivity contribution in [2.24, 2.45) is 0 Å². The fourth-order valence-corrected chi connectivity index (χ4v) is 7.34. The first-order chi connectivity index (χ1) is 27.5. The van der Waals surface area contributed by atoms with E-state index in [4.69, 9.17) is 9.05 Å². The van der Waals surface area contributed by atoms with E-state index in [0.29, 0.717) is 23.9 Å². The van der Waals surface area contributed by atoms with Crippen molar-refractivity contribution in [2.75, 3.05) is 40.9 Å². The second kappa shape index (κ2) is 39.9. The van der Waals surface area contributed by atoms with Gasteiger partial charge in [0.15, 0.2) is 0 Å². The van der Waals surface area contributed by atoms with E-state index in [1.54, 1.807) is 0 Å². The quantitative estimate of drug-likeness (QED) is 0.0275. The summed E-state index contributed by atoms with van der Waals surface area (Å²) >= 11 is 0. The van der Waals surface area contributed by atoms with Gasteiger partial charge >= 0.3 is 0 Å². The summed E-state index contributed by atoms with van der Waals surface area (Å²) in [6.45, 7) is 4.59. The first kappa shape index (κ1) is 55.5. The van der Waals surface area contributed by atoms with E-state index in [1.165, 1.54) is 96.3 Å². The number of carbonyl (C=O) groups excluding carboxylic acids is 1. The SMILES string of the molecule is CC/C=C\C/C=C\C/C=C\C/C=C\CCCCCCC(=O)NC(COP(=O)([O-])OCC[N+](C)(C)C)C(O)CCCCCCCCCCCCCCCCCCCC. The minimum absolute atomic E-state index is 0.00541. The summed E-state index contributed by atoms with van der Waals surface area (Å²) in [6.07, 6.45) is 49.7. The molecule has 0 bridgehead atoms. The van der Waals surface area contributed by atoms with Crippen molar-refractivity contribution >= 4 is 13.7 Å². The Morgan fingerprint density at radius 2 is 1.07 bits per heavy atom. The lowest BCUT2D eigenvalue weighted by atomic mass is 10.0. The van der Waals surface area contributed by atoms with Crippen LogP contribution in [0.3, 0.4) is 0 Å². The van der Waals surface area contributed by atoms with Crippen LogP contribution in [0.5, 0.6) is 0 Å². The van der Waals surface area contributed by atoms with Crippen LogP contribution in [0.15, 0.2) is 48.6 Å². The van der Waals surface area contributed by atoms with Crippen molar-refractivity contribution < 1.29 is 32.9 Å². The highest BCUT2D eigenvalue weighted by atomic mass is 31.2. The monoisotopic (exact) mass is 823 g/mol. The molecule has 0 aliphatic heterocycles. The number of amides is 1. The van der Waals surface area contributed by atoms with Gasteiger partial charge in [0.05, 0.1) is 39.9 Å². The van der Waals surface area contributed by atoms with Crippen molar-refractivity contribution in [3.8, 4) is 0 Å². The van der Waals surface area contributed by atoms with Gasteiger partial charge in [-0.2, -0.15) is 0 Å². The maximum Gasteiger partial charge on any atom is 0.268 e. The van der Waals surface area contributed by atoms with E-state index in [-0.39, 0.29) is 19.1 Å². The van der Waals surface area contributed by atoms with Gasteiger partial charge in [0, 0.05) is 6.42 Å². The minimum Gasteiger partial charge on any atom is -0.756 e. The third-order valence-corrected chi connectivity index (χ3v) is 11.3. The van der Waals surface area contributed by atoms with Gasteiger partial charge < -0.3 is 28.8 Å². The number of quaternary nitrogens is 1. The van der Waals surface area contributed by atoms with Gasteiger partial charge in [0.1, 0.15) is 13.2 Å². The minimum atomic E-state index is -4.57. The highest BCUT2D eigenvalue weighted by molar-refractivity contribution is 7.45. The number of phosphoric ester groups is 1. The number of likely N-dealkylation sites (N-methyl/N-ethyl adjacent to an activating group) is 1. The number of unbranched alkanes of at least 4 members (excludes halogenated alkanes) is 21. The summed E-state index contributed by atoms with van der Waals surface area (Å²) in [5.41, 5.74) is 0. The van der Waals surface area contributed by atoms with Crippen LogP contribution in [0, 0.1) is 0 Å². The largest absolute Gasteiger partial charge is 0.756 e. The molecule has 8 nitrogen and oxygen atoms in total. The standard InChI is InChI=1S/C48H91N2O6P/c1-6-8-10-12-14-16-18-20-22-24-26-27-29-31-33-35-37-39-41-47(51)46(45-56-57(53,54)55-44-43-50(3,4)5)49-48(52)42-40-38-36-34-32-30-28-25-23-21-19-17-15-13-11-9-7-2/h9,11,15,17,21,23,28,30,46-47,51H,6-8,10,12-14,16,18-20,22,24-27,29,31-45H2,1-5H3,(H-,49,52,53,54)/b11-9-,17-15-,23-21-,30-28-. The zero-order chi connectivity index (χ0) is 42.1. The molecule has 0 aliphatic rings. The van der Waals surface area contributed by atoms with Gasteiger partial charge in [-0.1, -0.05) is 191 Å². The first-order valence-electron chi connectivity index (χ1n) is 23.5. The van der Waals surface area contributed by atoms with Crippen LogP contribution in [0.4, 0.5) is 0 Å². The third-order valence-electron chi connectivity index (χ3n) is 10.3. The Balaban J connectivity index is 4.38. The van der Waals surface area contributed by atoms with Crippen LogP contribution in [0.1, 0.15) is 200 Å². The number of aliphatic hydroxyl groups excluding tert-OH is 1. The molecule has 3 unspecified atom stereocenters. The first-order valence-corrected chi connectivity index (χ1v) is 24.9. The Morgan fingerprint density at radius 1 is 0.632 bits per heavy atom. The van der Waals surface area contributed by atoms with Crippen molar-refractivity contribution in [3.63, 3.8) is 0 Å². The molecule has 0 rings (SSSR count). The predicted octanol–water partition coefficient (Wildman–Crippen LogP) is 12.6. The molecule has 0 radical (unpaired) electrons. The molecule has 0 heterocycles. The molecule has 0 aromatic carbocycles. The summed E-state index contributed by atoms with van der Waals surface area (Å²) in [5.74, 6) is -0.189. The number of allylic oxidation sites excluding steroid dienone is 8. The van der Waals surface area contributed by atoms with Crippen LogP contribution in [-0.4, -0.2) is 68.5 Å². The molecule has 57 heavy (non-hydrogen) atoms. The number of nitrogens with one attached hydrogen (secondary N) is 1. The molecular weight excluding hydrogens is 732 g/mol. The number of nitrogens with zero attached hydrogens (tertiary/aromatic N) is 1. The van der Waals surface area contributed by atoms with Crippen molar-refractivity contribution in [2.45, 2.75) is 212 Å². The Labute approximate surface area is 352 Å². The van der Waals surface area contributed by atoms with E-state index in [1.807, 2.05) is 21.1 Å². The van der Waals surface area contributed by atoms with E-state index < -0.39 is 20.0 Å².